The number of allylic oxidation sites excluding steroid dienone is 5. The summed E-state index contributed by atoms with van der Waals surface area (Å²) in [5.74, 6) is 1.92. The first-order chi connectivity index (χ1) is 8.27. The van der Waals surface area contributed by atoms with Crippen molar-refractivity contribution in [1.29, 1.82) is 0 Å². The quantitative estimate of drug-likeness (QED) is 0.462. The van der Waals surface area contributed by atoms with Crippen molar-refractivity contribution in [3.63, 3.8) is 0 Å². The lowest BCUT2D eigenvalue weighted by atomic mass is 9.80. The molecule has 2 atom stereocenters. The van der Waals surface area contributed by atoms with Gasteiger partial charge in [0.05, 0.1) is 6.61 Å². The fourth-order valence-electron chi connectivity index (χ4n) is 2.69. The highest BCUT2D eigenvalue weighted by molar-refractivity contribution is 5.36. The Morgan fingerprint density at radius 3 is 3.18 bits per heavy atom. The van der Waals surface area contributed by atoms with Gasteiger partial charge in [0.2, 0.25) is 0 Å². The summed E-state index contributed by atoms with van der Waals surface area (Å²) < 4.78 is 5.80. The molecular formula is C14H20O3. The van der Waals surface area contributed by atoms with Crippen LogP contribution in [-0.4, -0.2) is 11.9 Å². The predicted octanol–water partition coefficient (Wildman–Crippen LogP) is 3.66. The van der Waals surface area contributed by atoms with Crippen molar-refractivity contribution in [2.75, 3.05) is 6.61 Å². The van der Waals surface area contributed by atoms with E-state index in [1.54, 1.807) is 0 Å². The summed E-state index contributed by atoms with van der Waals surface area (Å²) in [7, 11) is 0. The molecule has 0 aromatic heterocycles. The lowest BCUT2D eigenvalue weighted by Crippen LogP contribution is -2.23. The van der Waals surface area contributed by atoms with Gasteiger partial charge < -0.3 is 9.62 Å². The van der Waals surface area contributed by atoms with Crippen LogP contribution in [0.4, 0.5) is 0 Å². The van der Waals surface area contributed by atoms with E-state index in [-0.39, 0.29) is 0 Å². The fourth-order valence-corrected chi connectivity index (χ4v) is 2.69. The molecule has 1 aliphatic heterocycles. The molecule has 0 saturated heterocycles. The summed E-state index contributed by atoms with van der Waals surface area (Å²) in [6.07, 6.45) is 8.72. The summed E-state index contributed by atoms with van der Waals surface area (Å²) in [4.78, 5) is 4.21. The van der Waals surface area contributed by atoms with Gasteiger partial charge in [-0.25, -0.2) is 5.26 Å². The van der Waals surface area contributed by atoms with Crippen LogP contribution in [-0.2, 0) is 9.62 Å². The summed E-state index contributed by atoms with van der Waals surface area (Å²) in [6, 6.07) is 0. The van der Waals surface area contributed by atoms with E-state index in [0.29, 0.717) is 11.8 Å². The smallest absolute Gasteiger partial charge is 0.129 e. The lowest BCUT2D eigenvalue weighted by Gasteiger charge is -2.33. The Balaban J connectivity index is 2.32. The third-order valence-corrected chi connectivity index (χ3v) is 3.62. The van der Waals surface area contributed by atoms with Crippen molar-refractivity contribution < 1.29 is 14.9 Å². The molecule has 2 aliphatic rings. The second kappa shape index (κ2) is 5.41. The number of hydrogen-bond acceptors (Lipinski definition) is 3. The van der Waals surface area contributed by atoms with Crippen LogP contribution in [0, 0.1) is 11.8 Å². The van der Waals surface area contributed by atoms with Crippen molar-refractivity contribution in [1.82, 2.24) is 0 Å². The summed E-state index contributed by atoms with van der Waals surface area (Å²) in [5, 5.41) is 8.60. The van der Waals surface area contributed by atoms with Crippen LogP contribution in [0.15, 0.2) is 35.3 Å². The van der Waals surface area contributed by atoms with Gasteiger partial charge in [-0.15, -0.1) is 0 Å². The zero-order chi connectivity index (χ0) is 12.3. The van der Waals surface area contributed by atoms with E-state index in [1.165, 1.54) is 11.8 Å². The standard InChI is InChI=1S/C14H20O3/c1-3-11(9-17-15)12-7-8-16-14-10(2)5-4-6-13(12)14/h4,6,9-10,12,15H,3,5,7-8H2,1-2H3/b11-9-. The molecule has 0 spiro atoms. The van der Waals surface area contributed by atoms with Gasteiger partial charge in [0, 0.05) is 11.8 Å². The third-order valence-electron chi connectivity index (χ3n) is 3.62. The average molecular weight is 236 g/mol. The molecule has 0 amide bonds. The molecule has 2 unspecified atom stereocenters. The Hall–Kier alpha value is -1.22. The maximum Gasteiger partial charge on any atom is 0.129 e. The molecule has 0 aromatic rings. The first-order valence-electron chi connectivity index (χ1n) is 6.30. The normalized spacial score (nSPS) is 28.8. The van der Waals surface area contributed by atoms with Gasteiger partial charge in [0.25, 0.3) is 0 Å². The average Bonchev–Trinajstić information content (AvgIpc) is 2.36. The second-order valence-electron chi connectivity index (χ2n) is 4.70. The summed E-state index contributed by atoms with van der Waals surface area (Å²) >= 11 is 0. The molecule has 0 saturated carbocycles. The minimum absolute atomic E-state index is 0.329. The molecule has 0 aromatic carbocycles. The first-order valence-corrected chi connectivity index (χ1v) is 6.30. The van der Waals surface area contributed by atoms with E-state index in [2.05, 4.69) is 30.9 Å². The van der Waals surface area contributed by atoms with Crippen molar-refractivity contribution in [3.05, 3.63) is 35.3 Å². The van der Waals surface area contributed by atoms with Crippen LogP contribution < -0.4 is 0 Å². The van der Waals surface area contributed by atoms with Crippen LogP contribution in [0.3, 0.4) is 0 Å². The predicted molar refractivity (Wildman–Crippen MR) is 66.1 cm³/mol. The molecule has 94 valence electrons. The molecule has 3 heteroatoms. The monoisotopic (exact) mass is 236 g/mol. The van der Waals surface area contributed by atoms with Gasteiger partial charge >= 0.3 is 0 Å². The number of rotatable bonds is 3. The molecule has 1 N–H and O–H groups in total. The zero-order valence-electron chi connectivity index (χ0n) is 10.5. The molecule has 0 radical (unpaired) electrons. The highest BCUT2D eigenvalue weighted by atomic mass is 17.1. The lowest BCUT2D eigenvalue weighted by molar-refractivity contribution is -0.188. The molecular weight excluding hydrogens is 216 g/mol. The topological polar surface area (TPSA) is 38.7 Å². The zero-order valence-corrected chi connectivity index (χ0v) is 10.5. The third kappa shape index (κ3) is 2.39. The van der Waals surface area contributed by atoms with Gasteiger partial charge in [-0.1, -0.05) is 26.0 Å². The van der Waals surface area contributed by atoms with Crippen LogP contribution in [0.5, 0.6) is 0 Å². The van der Waals surface area contributed by atoms with Crippen molar-refractivity contribution in [3.8, 4) is 0 Å². The van der Waals surface area contributed by atoms with Gasteiger partial charge in [-0.05, 0) is 30.4 Å². The summed E-state index contributed by atoms with van der Waals surface area (Å²) in [5.41, 5.74) is 2.39. The number of hydrogen-bond donors (Lipinski definition) is 1. The van der Waals surface area contributed by atoms with E-state index in [9.17, 15) is 0 Å². The Morgan fingerprint density at radius 1 is 1.65 bits per heavy atom. The Labute approximate surface area is 102 Å². The highest BCUT2D eigenvalue weighted by Gasteiger charge is 2.29. The molecule has 3 nitrogen and oxygen atoms in total. The fraction of sp³-hybridized carbons (Fsp3) is 0.571. The number of ether oxygens (including phenoxy) is 1. The molecule has 1 aliphatic carbocycles. The minimum Gasteiger partial charge on any atom is -0.497 e. The largest absolute Gasteiger partial charge is 0.497 e. The SMILES string of the molecule is CC/C(=C/OO)C1CCOC2=C1C=CCC2C. The van der Waals surface area contributed by atoms with Crippen LogP contribution in [0.1, 0.15) is 33.1 Å². The van der Waals surface area contributed by atoms with Crippen molar-refractivity contribution >= 4 is 0 Å². The molecule has 1 heterocycles. The van der Waals surface area contributed by atoms with Crippen LogP contribution >= 0.6 is 0 Å². The van der Waals surface area contributed by atoms with Crippen LogP contribution in [0.25, 0.3) is 0 Å². The van der Waals surface area contributed by atoms with Gasteiger partial charge in [-0.2, -0.15) is 0 Å². The molecule has 17 heavy (non-hydrogen) atoms. The van der Waals surface area contributed by atoms with E-state index in [0.717, 1.165) is 37.2 Å². The Morgan fingerprint density at radius 2 is 2.47 bits per heavy atom. The van der Waals surface area contributed by atoms with E-state index in [4.69, 9.17) is 9.99 Å². The van der Waals surface area contributed by atoms with Crippen LogP contribution in [0.2, 0.25) is 0 Å². The van der Waals surface area contributed by atoms with E-state index >= 15 is 0 Å². The van der Waals surface area contributed by atoms with Crippen molar-refractivity contribution in [2.45, 2.75) is 33.1 Å². The van der Waals surface area contributed by atoms with Gasteiger partial charge in [0.15, 0.2) is 0 Å². The molecule has 0 bridgehead atoms. The minimum atomic E-state index is 0.329. The van der Waals surface area contributed by atoms with Crippen molar-refractivity contribution in [2.24, 2.45) is 11.8 Å². The maximum absolute atomic E-state index is 8.60. The Bertz CT molecular complexity index is 366. The van der Waals surface area contributed by atoms with Gasteiger partial charge in [0.1, 0.15) is 12.0 Å². The highest BCUT2D eigenvalue weighted by Crippen LogP contribution is 2.39. The van der Waals surface area contributed by atoms with E-state index in [1.807, 2.05) is 0 Å². The van der Waals surface area contributed by atoms with Gasteiger partial charge in [-0.3, -0.25) is 0 Å². The van der Waals surface area contributed by atoms with E-state index < -0.39 is 0 Å². The second-order valence-corrected chi connectivity index (χ2v) is 4.70. The summed E-state index contributed by atoms with van der Waals surface area (Å²) in [6.45, 7) is 5.03. The molecule has 0 fully saturated rings. The maximum atomic E-state index is 8.60. The Kier molecular flexibility index (Phi) is 3.89. The first kappa shape index (κ1) is 12.2. The molecule has 2 rings (SSSR count).